The molecule has 0 bridgehead atoms. The van der Waals surface area contributed by atoms with Crippen LogP contribution in [0.1, 0.15) is 13.8 Å². The van der Waals surface area contributed by atoms with E-state index in [-0.39, 0.29) is 5.56 Å². The molecule has 0 spiro atoms. The Bertz CT molecular complexity index is 2010. The monoisotopic (exact) mass is 506 g/mol. The Morgan fingerprint density at radius 1 is 0.757 bits per heavy atom. The van der Waals surface area contributed by atoms with E-state index in [4.69, 9.17) is 13.2 Å². The number of fused-ring (bicyclic) bond motifs is 4. The summed E-state index contributed by atoms with van der Waals surface area (Å²) >= 11 is 1.55. The van der Waals surface area contributed by atoms with E-state index >= 15 is 0 Å². The quantitative estimate of drug-likeness (QED) is 0.241. The fourth-order valence-electron chi connectivity index (χ4n) is 4.77. The molecule has 6 aromatic rings. The van der Waals surface area contributed by atoms with Crippen molar-refractivity contribution >= 4 is 50.6 Å². The zero-order valence-corrected chi connectivity index (χ0v) is 20.3. The first kappa shape index (κ1) is 16.5. The zero-order chi connectivity index (χ0) is 29.9. The summed E-state index contributed by atoms with van der Waals surface area (Å²) in [7, 11) is 0. The third-order valence-electron chi connectivity index (χ3n) is 6.39. The number of hydroxylamine groups is 1. The number of nitrogens with zero attached hydrogens (tertiary/aromatic N) is 4. The molecule has 0 amide bonds. The minimum absolute atomic E-state index is 0.230. The normalized spacial score (nSPS) is 16.1. The molecule has 0 aliphatic carbocycles. The maximum Gasteiger partial charge on any atom is 0.137 e. The molecule has 2 aromatic heterocycles. The van der Waals surface area contributed by atoms with Gasteiger partial charge in [0.15, 0.2) is 0 Å². The van der Waals surface area contributed by atoms with Crippen LogP contribution in [-0.2, 0) is 4.94 Å². The number of aromatic nitrogens is 2. The highest BCUT2D eigenvalue weighted by molar-refractivity contribution is 7.99. The van der Waals surface area contributed by atoms with Crippen LogP contribution in [0, 0.1) is 6.85 Å². The molecule has 0 saturated carbocycles. The highest BCUT2D eigenvalue weighted by Crippen LogP contribution is 2.42. The Kier molecular flexibility index (Phi) is 3.87. The van der Waals surface area contributed by atoms with Crippen LogP contribution in [0.3, 0.4) is 0 Å². The average Bonchev–Trinajstić information content (AvgIpc) is 3.53. The Labute approximate surface area is 227 Å². The second-order valence-electron chi connectivity index (χ2n) is 8.69. The molecule has 37 heavy (non-hydrogen) atoms. The van der Waals surface area contributed by atoms with Crippen molar-refractivity contribution in [2.75, 3.05) is 17.1 Å². The standard InChI is InChI=1S/C31H24N4OS/c1-21-16-17-32-31(18-21)34-27-11-4-3-10-25(27)26-15-14-24(20-30(26)34)37-23-9-7-8-22(19-23)35-29-13-6-5-12-28(29)33(2)36-35/h3-20H,1-2H3/i1D3,2D3. The second kappa shape index (κ2) is 8.69. The molecule has 180 valence electrons. The maximum atomic E-state index is 7.90. The summed E-state index contributed by atoms with van der Waals surface area (Å²) in [4.78, 5) is 12.3. The number of anilines is 3. The van der Waals surface area contributed by atoms with E-state index in [0.29, 0.717) is 22.9 Å². The van der Waals surface area contributed by atoms with Crippen molar-refractivity contribution in [2.24, 2.45) is 0 Å². The molecule has 0 fully saturated rings. The van der Waals surface area contributed by atoms with Crippen LogP contribution >= 0.6 is 11.8 Å². The molecule has 0 N–H and O–H groups in total. The largest absolute Gasteiger partial charge is 0.294 e. The number of rotatable bonds is 4. The van der Waals surface area contributed by atoms with E-state index < -0.39 is 13.8 Å². The number of benzene rings is 4. The Morgan fingerprint density at radius 3 is 2.51 bits per heavy atom. The van der Waals surface area contributed by atoms with Gasteiger partial charge in [0.1, 0.15) is 5.82 Å². The molecule has 1 aliphatic heterocycles. The number of para-hydroxylation sites is 3. The summed E-state index contributed by atoms with van der Waals surface area (Å²) in [6, 6.07) is 32.2. The molecule has 0 atom stereocenters. The van der Waals surface area contributed by atoms with Gasteiger partial charge in [0.2, 0.25) is 0 Å². The Morgan fingerprint density at radius 2 is 1.59 bits per heavy atom. The van der Waals surface area contributed by atoms with Gasteiger partial charge in [-0.2, -0.15) is 5.06 Å². The third-order valence-corrected chi connectivity index (χ3v) is 7.37. The molecule has 1 aliphatic rings. The lowest BCUT2D eigenvalue weighted by molar-refractivity contribution is 0.142. The molecule has 0 saturated heterocycles. The lowest BCUT2D eigenvalue weighted by Crippen LogP contribution is -2.20. The second-order valence-corrected chi connectivity index (χ2v) is 9.84. The van der Waals surface area contributed by atoms with Gasteiger partial charge in [0, 0.05) is 42.0 Å². The van der Waals surface area contributed by atoms with Crippen molar-refractivity contribution in [3.8, 4) is 5.82 Å². The number of hydrogen-bond acceptors (Lipinski definition) is 5. The lowest BCUT2D eigenvalue weighted by atomic mass is 10.2. The summed E-state index contributed by atoms with van der Waals surface area (Å²) in [5.74, 6) is 0.535. The first-order chi connectivity index (χ1) is 20.6. The zero-order valence-electron chi connectivity index (χ0n) is 25.5. The molecule has 6 heteroatoms. The van der Waals surface area contributed by atoms with Crippen LogP contribution in [0.25, 0.3) is 27.6 Å². The number of pyridine rings is 1. The third kappa shape index (κ3) is 3.73. The van der Waals surface area contributed by atoms with Crippen molar-refractivity contribution in [1.82, 2.24) is 9.55 Å². The summed E-state index contributed by atoms with van der Waals surface area (Å²) in [5, 5.41) is 4.54. The predicted octanol–water partition coefficient (Wildman–Crippen LogP) is 8.07. The minimum atomic E-state index is -2.47. The highest BCUT2D eigenvalue weighted by Gasteiger charge is 2.26. The van der Waals surface area contributed by atoms with E-state index in [1.54, 1.807) is 30.0 Å². The molecule has 4 aromatic carbocycles. The van der Waals surface area contributed by atoms with Crippen molar-refractivity contribution in [1.29, 1.82) is 0 Å². The van der Waals surface area contributed by atoms with E-state index in [9.17, 15) is 0 Å². The van der Waals surface area contributed by atoms with Gasteiger partial charge >= 0.3 is 0 Å². The van der Waals surface area contributed by atoms with Gasteiger partial charge < -0.3 is 0 Å². The maximum absolute atomic E-state index is 7.90. The van der Waals surface area contributed by atoms with Gasteiger partial charge in [-0.25, -0.2) is 10.0 Å². The van der Waals surface area contributed by atoms with Crippen LogP contribution < -0.4 is 10.1 Å². The molecular formula is C31H24N4OS. The van der Waals surface area contributed by atoms with Crippen LogP contribution in [0.15, 0.2) is 119 Å². The van der Waals surface area contributed by atoms with Crippen LogP contribution in [0.2, 0.25) is 0 Å². The van der Waals surface area contributed by atoms with Crippen molar-refractivity contribution in [3.05, 3.63) is 115 Å². The fraction of sp³-hybridized carbons (Fsp3) is 0.0645. The smallest absolute Gasteiger partial charge is 0.137 e. The molecule has 5 nitrogen and oxygen atoms in total. The van der Waals surface area contributed by atoms with Crippen molar-refractivity contribution < 1.29 is 13.2 Å². The molecule has 0 unspecified atom stereocenters. The molecule has 7 rings (SSSR count). The first-order valence-corrected chi connectivity index (χ1v) is 12.6. The Balaban J connectivity index is 1.28. The van der Waals surface area contributed by atoms with Gasteiger partial charge in [-0.1, -0.05) is 54.2 Å². The predicted molar refractivity (Wildman–Crippen MR) is 152 cm³/mol. The van der Waals surface area contributed by atoms with Gasteiger partial charge in [-0.05, 0) is 73.1 Å². The van der Waals surface area contributed by atoms with Crippen molar-refractivity contribution in [2.45, 2.75) is 16.6 Å². The summed E-state index contributed by atoms with van der Waals surface area (Å²) in [5.41, 5.74) is 3.86. The Hall–Kier alpha value is -4.26. The number of aryl methyl sites for hydroxylation is 1. The summed E-state index contributed by atoms with van der Waals surface area (Å²) < 4.78 is 49.4. The molecule has 0 radical (unpaired) electrons. The van der Waals surface area contributed by atoms with Crippen LogP contribution in [0.4, 0.5) is 17.1 Å². The first-order valence-electron chi connectivity index (χ1n) is 14.7. The molecular weight excluding hydrogens is 476 g/mol. The minimum Gasteiger partial charge on any atom is -0.294 e. The van der Waals surface area contributed by atoms with E-state index in [2.05, 4.69) is 29.2 Å². The topological polar surface area (TPSA) is 33.5 Å². The van der Waals surface area contributed by atoms with E-state index in [1.165, 1.54) is 17.3 Å². The van der Waals surface area contributed by atoms with Gasteiger partial charge in [0.25, 0.3) is 0 Å². The van der Waals surface area contributed by atoms with Crippen LogP contribution in [0.5, 0.6) is 0 Å². The van der Waals surface area contributed by atoms with Crippen molar-refractivity contribution in [3.63, 3.8) is 0 Å². The highest BCUT2D eigenvalue weighted by atomic mass is 32.2. The van der Waals surface area contributed by atoms with Gasteiger partial charge in [0.05, 0.1) is 28.1 Å². The van der Waals surface area contributed by atoms with E-state index in [0.717, 1.165) is 36.7 Å². The fourth-order valence-corrected chi connectivity index (χ4v) is 5.68. The summed E-state index contributed by atoms with van der Waals surface area (Å²) in [6.07, 6.45) is 1.54. The van der Waals surface area contributed by atoms with E-state index in [1.807, 2.05) is 59.2 Å². The number of hydrogen-bond donors (Lipinski definition) is 0. The van der Waals surface area contributed by atoms with Gasteiger partial charge in [-0.15, -0.1) is 4.94 Å². The lowest BCUT2D eigenvalue weighted by Gasteiger charge is -2.18. The van der Waals surface area contributed by atoms with Gasteiger partial charge in [-0.3, -0.25) is 4.57 Å². The average molecular weight is 507 g/mol. The SMILES string of the molecule is [2H]C([2H])([2H])c1ccnc(-n2c3ccccc3c3ccc(Sc4cccc(N5ON(C([2H])([2H])[2H])c6ccccc65)c4)cc32)c1. The summed E-state index contributed by atoms with van der Waals surface area (Å²) in [6.45, 7) is -4.72. The van der Waals surface area contributed by atoms with Crippen LogP contribution in [-0.4, -0.2) is 16.5 Å². The molecule has 3 heterocycles.